The molecule has 0 aliphatic rings. The summed E-state index contributed by atoms with van der Waals surface area (Å²) in [4.78, 5) is 24.3. The van der Waals surface area contributed by atoms with Crippen LogP contribution in [0, 0.1) is 17.0 Å². The van der Waals surface area contributed by atoms with E-state index in [4.69, 9.17) is 0 Å². The Morgan fingerprint density at radius 3 is 2.65 bits per heavy atom. The highest BCUT2D eigenvalue weighted by Gasteiger charge is 2.17. The van der Waals surface area contributed by atoms with Crippen LogP contribution in [0.25, 0.3) is 10.9 Å². The van der Waals surface area contributed by atoms with Gasteiger partial charge in [-0.1, -0.05) is 12.1 Å². The van der Waals surface area contributed by atoms with Gasteiger partial charge in [-0.3, -0.25) is 14.9 Å². The molecule has 0 radical (unpaired) electrons. The van der Waals surface area contributed by atoms with Gasteiger partial charge in [0.1, 0.15) is 0 Å². The Labute approximate surface area is 148 Å². The SMILES string of the molecule is Cc1cc2cc(CNS(=O)(=O)c3cccc([N+](=O)[O-])c3)ccc2[nH]c1=O. The molecule has 26 heavy (non-hydrogen) atoms. The molecular weight excluding hydrogens is 358 g/mol. The molecule has 0 fully saturated rings. The van der Waals surface area contributed by atoms with Crippen LogP contribution < -0.4 is 10.3 Å². The van der Waals surface area contributed by atoms with Crippen LogP contribution in [0.2, 0.25) is 0 Å². The lowest BCUT2D eigenvalue weighted by atomic mass is 10.1. The van der Waals surface area contributed by atoms with Gasteiger partial charge in [0.15, 0.2) is 0 Å². The van der Waals surface area contributed by atoms with Crippen molar-refractivity contribution in [3.05, 3.63) is 80.1 Å². The maximum atomic E-state index is 12.4. The van der Waals surface area contributed by atoms with E-state index in [1.165, 1.54) is 18.2 Å². The van der Waals surface area contributed by atoms with Crippen molar-refractivity contribution in [2.24, 2.45) is 0 Å². The largest absolute Gasteiger partial charge is 0.322 e. The number of hydrogen-bond donors (Lipinski definition) is 2. The van der Waals surface area contributed by atoms with E-state index in [1.807, 2.05) is 0 Å². The van der Waals surface area contributed by atoms with E-state index in [9.17, 15) is 23.3 Å². The molecule has 0 unspecified atom stereocenters. The van der Waals surface area contributed by atoms with E-state index >= 15 is 0 Å². The van der Waals surface area contributed by atoms with Crippen LogP contribution in [0.15, 0.2) is 58.2 Å². The Morgan fingerprint density at radius 1 is 1.15 bits per heavy atom. The molecule has 2 aromatic carbocycles. The standard InChI is InChI=1S/C17H15N3O5S/c1-11-7-13-8-12(5-6-16(13)19-17(11)21)10-18-26(24,25)15-4-2-3-14(9-15)20(22)23/h2-9,18H,10H2,1H3,(H,19,21). The minimum absolute atomic E-state index is 0.0130. The molecule has 134 valence electrons. The number of H-pyrrole nitrogens is 1. The van der Waals surface area contributed by atoms with Crippen LogP contribution in [-0.4, -0.2) is 18.3 Å². The Kier molecular flexibility index (Phi) is 4.58. The molecule has 3 rings (SSSR count). The first-order valence-electron chi connectivity index (χ1n) is 7.63. The van der Waals surface area contributed by atoms with Crippen molar-refractivity contribution in [1.82, 2.24) is 9.71 Å². The molecule has 1 aromatic heterocycles. The van der Waals surface area contributed by atoms with Crippen LogP contribution in [0.1, 0.15) is 11.1 Å². The van der Waals surface area contributed by atoms with Crippen molar-refractivity contribution in [2.75, 3.05) is 0 Å². The predicted octanol–water partition coefficient (Wildman–Crippen LogP) is 2.22. The lowest BCUT2D eigenvalue weighted by Gasteiger charge is -2.08. The number of pyridine rings is 1. The maximum Gasteiger partial charge on any atom is 0.270 e. The Hall–Kier alpha value is -3.04. The molecule has 0 bridgehead atoms. The highest BCUT2D eigenvalue weighted by molar-refractivity contribution is 7.89. The summed E-state index contributed by atoms with van der Waals surface area (Å²) in [5.41, 5.74) is 1.45. The maximum absolute atomic E-state index is 12.4. The predicted molar refractivity (Wildman–Crippen MR) is 96.4 cm³/mol. The van der Waals surface area contributed by atoms with Crippen molar-refractivity contribution in [2.45, 2.75) is 18.4 Å². The Morgan fingerprint density at radius 2 is 1.92 bits per heavy atom. The van der Waals surface area contributed by atoms with Gasteiger partial charge < -0.3 is 4.98 Å². The zero-order chi connectivity index (χ0) is 18.9. The number of aryl methyl sites for hydroxylation is 1. The Balaban J connectivity index is 1.84. The van der Waals surface area contributed by atoms with Gasteiger partial charge in [0, 0.05) is 29.8 Å². The summed E-state index contributed by atoms with van der Waals surface area (Å²) in [6.07, 6.45) is 0. The number of non-ortho nitro benzene ring substituents is 1. The van der Waals surface area contributed by atoms with Crippen molar-refractivity contribution >= 4 is 26.6 Å². The molecule has 3 aromatic rings. The lowest BCUT2D eigenvalue weighted by Crippen LogP contribution is -2.23. The van der Waals surface area contributed by atoms with Crippen molar-refractivity contribution in [3.8, 4) is 0 Å². The quantitative estimate of drug-likeness (QED) is 0.524. The third-order valence-corrected chi connectivity index (χ3v) is 5.30. The smallest absolute Gasteiger partial charge is 0.270 e. The van der Waals surface area contributed by atoms with Crippen LogP contribution in [0.3, 0.4) is 0 Å². The third kappa shape index (κ3) is 3.63. The zero-order valence-corrected chi connectivity index (χ0v) is 14.5. The molecule has 9 heteroatoms. The van der Waals surface area contributed by atoms with Gasteiger partial charge in [-0.2, -0.15) is 0 Å². The molecule has 0 saturated heterocycles. The number of fused-ring (bicyclic) bond motifs is 1. The third-order valence-electron chi connectivity index (χ3n) is 3.90. The molecule has 0 saturated carbocycles. The topological polar surface area (TPSA) is 122 Å². The highest BCUT2D eigenvalue weighted by atomic mass is 32.2. The zero-order valence-electron chi connectivity index (χ0n) is 13.7. The number of benzene rings is 2. The molecule has 0 amide bonds. The molecule has 2 N–H and O–H groups in total. The van der Waals surface area contributed by atoms with E-state index in [0.29, 0.717) is 16.6 Å². The van der Waals surface area contributed by atoms with Crippen molar-refractivity contribution < 1.29 is 13.3 Å². The van der Waals surface area contributed by atoms with E-state index in [-0.39, 0.29) is 22.7 Å². The number of nitro groups is 1. The first-order chi connectivity index (χ1) is 12.3. The number of nitrogens with one attached hydrogen (secondary N) is 2. The Bertz CT molecular complexity index is 1170. The van der Waals surface area contributed by atoms with Crippen LogP contribution >= 0.6 is 0 Å². The molecule has 8 nitrogen and oxygen atoms in total. The summed E-state index contributed by atoms with van der Waals surface area (Å²) < 4.78 is 27.1. The normalized spacial score (nSPS) is 11.6. The fraction of sp³-hybridized carbons (Fsp3) is 0.118. The monoisotopic (exact) mass is 373 g/mol. The summed E-state index contributed by atoms with van der Waals surface area (Å²) in [7, 11) is -3.89. The summed E-state index contributed by atoms with van der Waals surface area (Å²) in [6.45, 7) is 1.70. The van der Waals surface area contributed by atoms with Gasteiger partial charge in [0.2, 0.25) is 10.0 Å². The second-order valence-corrected chi connectivity index (χ2v) is 7.55. The number of aromatic amines is 1. The van der Waals surface area contributed by atoms with E-state index in [2.05, 4.69) is 9.71 Å². The molecule has 0 aliphatic heterocycles. The number of rotatable bonds is 5. The second kappa shape index (κ2) is 6.70. The van der Waals surface area contributed by atoms with E-state index in [0.717, 1.165) is 11.5 Å². The summed E-state index contributed by atoms with van der Waals surface area (Å²) in [6, 6.07) is 11.8. The van der Waals surface area contributed by atoms with Gasteiger partial charge in [-0.05, 0) is 42.1 Å². The summed E-state index contributed by atoms with van der Waals surface area (Å²) in [5.74, 6) is 0. The number of nitro benzene ring substituents is 1. The molecular formula is C17H15N3O5S. The number of hydrogen-bond acceptors (Lipinski definition) is 5. The summed E-state index contributed by atoms with van der Waals surface area (Å²) in [5, 5.41) is 11.6. The number of sulfonamides is 1. The minimum atomic E-state index is -3.89. The van der Waals surface area contributed by atoms with Crippen LogP contribution in [0.5, 0.6) is 0 Å². The molecule has 0 spiro atoms. The molecule has 0 aliphatic carbocycles. The van der Waals surface area contributed by atoms with E-state index in [1.54, 1.807) is 31.2 Å². The molecule has 0 atom stereocenters. The minimum Gasteiger partial charge on any atom is -0.322 e. The fourth-order valence-corrected chi connectivity index (χ4v) is 3.56. The second-order valence-electron chi connectivity index (χ2n) is 5.78. The highest BCUT2D eigenvalue weighted by Crippen LogP contribution is 2.18. The van der Waals surface area contributed by atoms with E-state index < -0.39 is 14.9 Å². The number of aromatic nitrogens is 1. The van der Waals surface area contributed by atoms with Gasteiger partial charge in [0.05, 0.1) is 9.82 Å². The van der Waals surface area contributed by atoms with Gasteiger partial charge in [-0.25, -0.2) is 13.1 Å². The molecule has 1 heterocycles. The lowest BCUT2D eigenvalue weighted by molar-refractivity contribution is -0.385. The summed E-state index contributed by atoms with van der Waals surface area (Å²) >= 11 is 0. The van der Waals surface area contributed by atoms with Crippen molar-refractivity contribution in [1.29, 1.82) is 0 Å². The fourth-order valence-electron chi connectivity index (χ4n) is 2.50. The van der Waals surface area contributed by atoms with Gasteiger partial charge >= 0.3 is 0 Å². The van der Waals surface area contributed by atoms with Gasteiger partial charge in [0.25, 0.3) is 11.2 Å². The first kappa shape index (κ1) is 17.8. The average Bonchev–Trinajstić information content (AvgIpc) is 2.61. The first-order valence-corrected chi connectivity index (χ1v) is 9.11. The average molecular weight is 373 g/mol. The van der Waals surface area contributed by atoms with Crippen LogP contribution in [-0.2, 0) is 16.6 Å². The van der Waals surface area contributed by atoms with Gasteiger partial charge in [-0.15, -0.1) is 0 Å². The van der Waals surface area contributed by atoms with Crippen LogP contribution in [0.4, 0.5) is 5.69 Å². The van der Waals surface area contributed by atoms with Crippen molar-refractivity contribution in [3.63, 3.8) is 0 Å². The number of nitrogens with zero attached hydrogens (tertiary/aromatic N) is 1.